The van der Waals surface area contributed by atoms with Gasteiger partial charge in [0, 0.05) is 14.3 Å². The number of carbonyl (C=O) groups is 1. The van der Waals surface area contributed by atoms with Crippen molar-refractivity contribution < 1.29 is 4.79 Å². The van der Waals surface area contributed by atoms with Crippen molar-refractivity contribution in [2.45, 2.75) is 13.8 Å². The van der Waals surface area contributed by atoms with Crippen molar-refractivity contribution in [1.82, 2.24) is 0 Å². The SMILES string of the molecule is Cc1ccc(NC(=O)c2cc(Cl)ccc2I)cc1C. The van der Waals surface area contributed by atoms with E-state index in [0.29, 0.717) is 10.6 Å². The first-order valence-electron chi connectivity index (χ1n) is 5.81. The topological polar surface area (TPSA) is 29.1 Å². The third-order valence-corrected chi connectivity index (χ3v) is 4.11. The molecule has 0 spiro atoms. The number of benzene rings is 2. The largest absolute Gasteiger partial charge is 0.322 e. The van der Waals surface area contributed by atoms with Gasteiger partial charge in [-0.15, -0.1) is 0 Å². The molecule has 0 bridgehead atoms. The summed E-state index contributed by atoms with van der Waals surface area (Å²) in [4.78, 5) is 12.2. The summed E-state index contributed by atoms with van der Waals surface area (Å²) in [6.07, 6.45) is 0. The van der Waals surface area contributed by atoms with Crippen LogP contribution in [0.25, 0.3) is 0 Å². The summed E-state index contributed by atoms with van der Waals surface area (Å²) in [6.45, 7) is 4.06. The maximum atomic E-state index is 12.2. The number of anilines is 1. The molecule has 0 atom stereocenters. The molecule has 19 heavy (non-hydrogen) atoms. The molecule has 0 radical (unpaired) electrons. The lowest BCUT2D eigenvalue weighted by Gasteiger charge is -2.09. The zero-order valence-electron chi connectivity index (χ0n) is 10.6. The summed E-state index contributed by atoms with van der Waals surface area (Å²) in [7, 11) is 0. The minimum atomic E-state index is -0.143. The fourth-order valence-corrected chi connectivity index (χ4v) is 2.44. The van der Waals surface area contributed by atoms with E-state index in [-0.39, 0.29) is 5.91 Å². The molecule has 2 aromatic carbocycles. The van der Waals surface area contributed by atoms with Crippen LogP contribution in [0.15, 0.2) is 36.4 Å². The molecule has 0 unspecified atom stereocenters. The highest BCUT2D eigenvalue weighted by atomic mass is 127. The molecule has 0 aliphatic rings. The highest BCUT2D eigenvalue weighted by Gasteiger charge is 2.11. The first-order valence-corrected chi connectivity index (χ1v) is 7.26. The second kappa shape index (κ2) is 5.92. The van der Waals surface area contributed by atoms with Crippen molar-refractivity contribution in [2.75, 3.05) is 5.32 Å². The summed E-state index contributed by atoms with van der Waals surface area (Å²) in [6, 6.07) is 11.1. The van der Waals surface area contributed by atoms with E-state index < -0.39 is 0 Å². The van der Waals surface area contributed by atoms with Crippen LogP contribution >= 0.6 is 34.2 Å². The summed E-state index contributed by atoms with van der Waals surface area (Å²) in [5.41, 5.74) is 3.74. The summed E-state index contributed by atoms with van der Waals surface area (Å²) in [5, 5.41) is 3.45. The fraction of sp³-hybridized carbons (Fsp3) is 0.133. The van der Waals surface area contributed by atoms with Crippen molar-refractivity contribution >= 4 is 45.8 Å². The van der Waals surface area contributed by atoms with Crippen LogP contribution in [-0.4, -0.2) is 5.91 Å². The number of nitrogens with one attached hydrogen (secondary N) is 1. The predicted molar refractivity (Wildman–Crippen MR) is 88.0 cm³/mol. The van der Waals surface area contributed by atoms with Gasteiger partial charge in [-0.25, -0.2) is 0 Å². The van der Waals surface area contributed by atoms with E-state index in [9.17, 15) is 4.79 Å². The highest BCUT2D eigenvalue weighted by Crippen LogP contribution is 2.20. The molecule has 0 fully saturated rings. The fourth-order valence-electron chi connectivity index (χ4n) is 1.69. The van der Waals surface area contributed by atoms with Crippen LogP contribution in [0.1, 0.15) is 21.5 Å². The van der Waals surface area contributed by atoms with Crippen LogP contribution < -0.4 is 5.32 Å². The Hall–Kier alpha value is -1.07. The van der Waals surface area contributed by atoms with Crippen LogP contribution in [0.5, 0.6) is 0 Å². The summed E-state index contributed by atoms with van der Waals surface area (Å²) < 4.78 is 0.878. The second-order valence-electron chi connectivity index (χ2n) is 4.38. The lowest BCUT2D eigenvalue weighted by molar-refractivity contribution is 0.102. The molecule has 0 aliphatic heterocycles. The molecule has 0 aliphatic carbocycles. The van der Waals surface area contributed by atoms with Crippen LogP contribution in [0.3, 0.4) is 0 Å². The van der Waals surface area contributed by atoms with Gasteiger partial charge in [-0.1, -0.05) is 17.7 Å². The van der Waals surface area contributed by atoms with Crippen LogP contribution in [0.2, 0.25) is 5.02 Å². The van der Waals surface area contributed by atoms with Crippen LogP contribution in [-0.2, 0) is 0 Å². The molecule has 2 rings (SSSR count). The quantitative estimate of drug-likeness (QED) is 0.738. The molecule has 1 amide bonds. The molecule has 98 valence electrons. The standard InChI is InChI=1S/C15H13ClINO/c1-9-3-5-12(7-10(9)2)18-15(19)13-8-11(16)4-6-14(13)17/h3-8H,1-2H3,(H,18,19). The molecule has 4 heteroatoms. The highest BCUT2D eigenvalue weighted by molar-refractivity contribution is 14.1. The number of aryl methyl sites for hydroxylation is 2. The molecular formula is C15H13ClINO. The average molecular weight is 386 g/mol. The number of hydrogen-bond acceptors (Lipinski definition) is 1. The Morgan fingerprint density at radius 3 is 2.53 bits per heavy atom. The van der Waals surface area contributed by atoms with Gasteiger partial charge in [0.15, 0.2) is 0 Å². The summed E-state index contributed by atoms with van der Waals surface area (Å²) >= 11 is 8.05. The van der Waals surface area contributed by atoms with Crippen molar-refractivity contribution in [3.05, 3.63) is 61.7 Å². The van der Waals surface area contributed by atoms with Gasteiger partial charge in [-0.3, -0.25) is 4.79 Å². The zero-order chi connectivity index (χ0) is 14.0. The molecule has 1 N–H and O–H groups in total. The molecule has 0 heterocycles. The van der Waals surface area contributed by atoms with Gasteiger partial charge in [-0.05, 0) is 77.9 Å². The van der Waals surface area contributed by atoms with Gasteiger partial charge in [0.25, 0.3) is 5.91 Å². The van der Waals surface area contributed by atoms with Gasteiger partial charge in [0.1, 0.15) is 0 Å². The van der Waals surface area contributed by atoms with E-state index in [0.717, 1.165) is 14.8 Å². The third-order valence-electron chi connectivity index (χ3n) is 2.94. The van der Waals surface area contributed by atoms with Gasteiger partial charge in [-0.2, -0.15) is 0 Å². The van der Waals surface area contributed by atoms with Gasteiger partial charge in [0.05, 0.1) is 5.56 Å². The maximum absolute atomic E-state index is 12.2. The average Bonchev–Trinajstić information content (AvgIpc) is 2.36. The van der Waals surface area contributed by atoms with E-state index in [4.69, 9.17) is 11.6 Å². The van der Waals surface area contributed by atoms with E-state index >= 15 is 0 Å². The van der Waals surface area contributed by atoms with Crippen molar-refractivity contribution in [3.63, 3.8) is 0 Å². The van der Waals surface area contributed by atoms with Crippen LogP contribution in [0, 0.1) is 17.4 Å². The Kier molecular flexibility index (Phi) is 4.47. The molecule has 2 aromatic rings. The molecule has 0 saturated carbocycles. The first kappa shape index (κ1) is 14.3. The number of halogens is 2. The Labute approximate surface area is 131 Å². The Morgan fingerprint density at radius 1 is 1.11 bits per heavy atom. The Morgan fingerprint density at radius 2 is 1.84 bits per heavy atom. The molecular weight excluding hydrogens is 373 g/mol. The Balaban J connectivity index is 2.25. The van der Waals surface area contributed by atoms with Gasteiger partial charge >= 0.3 is 0 Å². The van der Waals surface area contributed by atoms with E-state index in [1.807, 2.05) is 38.1 Å². The molecule has 2 nitrogen and oxygen atoms in total. The minimum absolute atomic E-state index is 0.143. The molecule has 0 aromatic heterocycles. The van der Waals surface area contributed by atoms with E-state index in [1.165, 1.54) is 5.56 Å². The van der Waals surface area contributed by atoms with E-state index in [2.05, 4.69) is 27.9 Å². The smallest absolute Gasteiger partial charge is 0.256 e. The third kappa shape index (κ3) is 3.48. The van der Waals surface area contributed by atoms with Gasteiger partial charge < -0.3 is 5.32 Å². The predicted octanol–water partition coefficient (Wildman–Crippen LogP) is 4.81. The molecule has 0 saturated heterocycles. The number of amides is 1. The van der Waals surface area contributed by atoms with Crippen LogP contribution in [0.4, 0.5) is 5.69 Å². The lowest BCUT2D eigenvalue weighted by Crippen LogP contribution is -2.13. The Bertz CT molecular complexity index is 640. The zero-order valence-corrected chi connectivity index (χ0v) is 13.5. The second-order valence-corrected chi connectivity index (χ2v) is 5.98. The van der Waals surface area contributed by atoms with E-state index in [1.54, 1.807) is 12.1 Å². The minimum Gasteiger partial charge on any atom is -0.322 e. The number of rotatable bonds is 2. The maximum Gasteiger partial charge on any atom is 0.256 e. The first-order chi connectivity index (χ1) is 8.97. The van der Waals surface area contributed by atoms with Crippen molar-refractivity contribution in [3.8, 4) is 0 Å². The van der Waals surface area contributed by atoms with Crippen molar-refractivity contribution in [2.24, 2.45) is 0 Å². The summed E-state index contributed by atoms with van der Waals surface area (Å²) in [5.74, 6) is -0.143. The lowest BCUT2D eigenvalue weighted by atomic mass is 10.1. The normalized spacial score (nSPS) is 10.3. The van der Waals surface area contributed by atoms with Crippen molar-refractivity contribution in [1.29, 1.82) is 0 Å². The number of carbonyl (C=O) groups excluding carboxylic acids is 1. The van der Waals surface area contributed by atoms with Gasteiger partial charge in [0.2, 0.25) is 0 Å². The monoisotopic (exact) mass is 385 g/mol. The number of hydrogen-bond donors (Lipinski definition) is 1.